The van der Waals surface area contributed by atoms with Gasteiger partial charge in [-0.3, -0.25) is 4.79 Å². The normalized spacial score (nSPS) is 9.82. The molecule has 0 fully saturated rings. The number of carboxylic acid groups (broad SMARTS) is 1. The van der Waals surface area contributed by atoms with Crippen LogP contribution in [0.25, 0.3) is 0 Å². The molecule has 0 bridgehead atoms. The molecule has 1 aromatic rings. The van der Waals surface area contributed by atoms with Crippen molar-refractivity contribution in [1.29, 1.82) is 5.26 Å². The number of hydrogen-bond acceptors (Lipinski definition) is 3. The Morgan fingerprint density at radius 2 is 2.00 bits per heavy atom. The van der Waals surface area contributed by atoms with Crippen LogP contribution >= 0.6 is 0 Å². The third-order valence-corrected chi connectivity index (χ3v) is 3.08. The lowest BCUT2D eigenvalue weighted by Crippen LogP contribution is -2.40. The highest BCUT2D eigenvalue weighted by Gasteiger charge is 2.12. The molecule has 1 aromatic carbocycles. The van der Waals surface area contributed by atoms with Crippen LogP contribution in [0, 0.1) is 11.3 Å². The van der Waals surface area contributed by atoms with E-state index in [2.05, 4.69) is 11.4 Å². The molecular formula is C16H21N3O3. The highest BCUT2D eigenvalue weighted by molar-refractivity contribution is 5.74. The quantitative estimate of drug-likeness (QED) is 0.721. The lowest BCUT2D eigenvalue weighted by molar-refractivity contribution is -0.137. The van der Waals surface area contributed by atoms with Crippen LogP contribution in [0.15, 0.2) is 24.3 Å². The van der Waals surface area contributed by atoms with Gasteiger partial charge in [-0.05, 0) is 30.5 Å². The zero-order valence-corrected chi connectivity index (χ0v) is 12.7. The fourth-order valence-corrected chi connectivity index (χ4v) is 1.97. The topological polar surface area (TPSA) is 93.4 Å². The van der Waals surface area contributed by atoms with E-state index in [0.717, 1.165) is 12.0 Å². The zero-order valence-electron chi connectivity index (χ0n) is 12.7. The Morgan fingerprint density at radius 3 is 2.55 bits per heavy atom. The summed E-state index contributed by atoms with van der Waals surface area (Å²) in [5.74, 6) is -0.864. The molecule has 6 nitrogen and oxygen atoms in total. The molecule has 6 heteroatoms. The van der Waals surface area contributed by atoms with Crippen LogP contribution in [0.5, 0.6) is 0 Å². The second kappa shape index (κ2) is 9.40. The van der Waals surface area contributed by atoms with Crippen LogP contribution in [0.3, 0.4) is 0 Å². The molecule has 118 valence electrons. The third-order valence-electron chi connectivity index (χ3n) is 3.08. The zero-order chi connectivity index (χ0) is 16.4. The fourth-order valence-electron chi connectivity index (χ4n) is 1.97. The molecule has 0 unspecified atom stereocenters. The number of aliphatic carboxylic acids is 1. The number of urea groups is 1. The second-order valence-corrected chi connectivity index (χ2v) is 4.96. The summed E-state index contributed by atoms with van der Waals surface area (Å²) in [6, 6.07) is 8.98. The number of rotatable bonds is 8. The van der Waals surface area contributed by atoms with Gasteiger partial charge in [0.25, 0.3) is 0 Å². The Kier molecular flexibility index (Phi) is 7.48. The summed E-state index contributed by atoms with van der Waals surface area (Å²) < 4.78 is 0. The van der Waals surface area contributed by atoms with Crippen LogP contribution in [-0.2, 0) is 11.3 Å². The first-order valence-corrected chi connectivity index (χ1v) is 7.30. The van der Waals surface area contributed by atoms with Gasteiger partial charge in [-0.15, -0.1) is 0 Å². The lowest BCUT2D eigenvalue weighted by Gasteiger charge is -2.22. The molecule has 0 saturated heterocycles. The van der Waals surface area contributed by atoms with Gasteiger partial charge in [0.1, 0.15) is 0 Å². The van der Waals surface area contributed by atoms with Gasteiger partial charge in [0, 0.05) is 26.1 Å². The maximum absolute atomic E-state index is 12.1. The summed E-state index contributed by atoms with van der Waals surface area (Å²) >= 11 is 0. The standard InChI is InChI=1S/C16H21N3O3/c1-2-10-19(16(22)18-9-3-4-15(20)21)12-14-7-5-13(11-17)6-8-14/h5-8H,2-4,9-10,12H2,1H3,(H,18,22)(H,20,21). The number of benzene rings is 1. The van der Waals surface area contributed by atoms with Crippen molar-refractivity contribution in [3.63, 3.8) is 0 Å². The number of carbonyl (C=O) groups excluding carboxylic acids is 1. The van der Waals surface area contributed by atoms with Crippen molar-refractivity contribution < 1.29 is 14.7 Å². The number of carbonyl (C=O) groups is 2. The molecule has 0 aromatic heterocycles. The Morgan fingerprint density at radius 1 is 1.32 bits per heavy atom. The summed E-state index contributed by atoms with van der Waals surface area (Å²) in [4.78, 5) is 24.2. The smallest absolute Gasteiger partial charge is 0.317 e. The SMILES string of the molecule is CCCN(Cc1ccc(C#N)cc1)C(=O)NCCCC(=O)O. The number of nitrogens with one attached hydrogen (secondary N) is 1. The summed E-state index contributed by atoms with van der Waals surface area (Å²) in [7, 11) is 0. The van der Waals surface area contributed by atoms with E-state index in [4.69, 9.17) is 10.4 Å². The predicted molar refractivity (Wildman–Crippen MR) is 82.1 cm³/mol. The molecule has 2 N–H and O–H groups in total. The first-order valence-electron chi connectivity index (χ1n) is 7.30. The molecule has 0 spiro atoms. The van der Waals surface area contributed by atoms with Crippen molar-refractivity contribution in [3.05, 3.63) is 35.4 Å². The molecule has 0 heterocycles. The van der Waals surface area contributed by atoms with Gasteiger partial charge in [-0.25, -0.2) is 4.79 Å². The van der Waals surface area contributed by atoms with E-state index in [-0.39, 0.29) is 12.5 Å². The number of nitrogens with zero attached hydrogens (tertiary/aromatic N) is 2. The molecule has 0 aliphatic carbocycles. The molecule has 0 aliphatic heterocycles. The highest BCUT2D eigenvalue weighted by Crippen LogP contribution is 2.08. The first kappa shape index (κ1) is 17.5. The lowest BCUT2D eigenvalue weighted by atomic mass is 10.1. The van der Waals surface area contributed by atoms with E-state index in [1.807, 2.05) is 19.1 Å². The average Bonchev–Trinajstić information content (AvgIpc) is 2.51. The van der Waals surface area contributed by atoms with Crippen molar-refractivity contribution in [3.8, 4) is 6.07 Å². The van der Waals surface area contributed by atoms with Crippen LogP contribution < -0.4 is 5.32 Å². The number of carboxylic acids is 1. The largest absolute Gasteiger partial charge is 0.481 e. The molecule has 1 rings (SSSR count). The summed E-state index contributed by atoms with van der Waals surface area (Å²) in [6.45, 7) is 3.41. The first-order chi connectivity index (χ1) is 10.6. The minimum Gasteiger partial charge on any atom is -0.481 e. The van der Waals surface area contributed by atoms with Crippen molar-refractivity contribution in [2.75, 3.05) is 13.1 Å². The minimum absolute atomic E-state index is 0.0453. The van der Waals surface area contributed by atoms with Crippen LogP contribution in [0.2, 0.25) is 0 Å². The Labute approximate surface area is 130 Å². The molecule has 2 amide bonds. The summed E-state index contributed by atoms with van der Waals surface area (Å²) in [5.41, 5.74) is 1.54. The van der Waals surface area contributed by atoms with E-state index in [0.29, 0.717) is 31.6 Å². The molecule has 0 saturated carbocycles. The Hall–Kier alpha value is -2.55. The van der Waals surface area contributed by atoms with E-state index in [1.165, 1.54) is 0 Å². The summed E-state index contributed by atoms with van der Waals surface area (Å²) in [5, 5.41) is 20.1. The van der Waals surface area contributed by atoms with E-state index >= 15 is 0 Å². The van der Waals surface area contributed by atoms with Crippen molar-refractivity contribution >= 4 is 12.0 Å². The minimum atomic E-state index is -0.864. The van der Waals surface area contributed by atoms with E-state index in [9.17, 15) is 9.59 Å². The summed E-state index contributed by atoms with van der Waals surface area (Å²) in [6.07, 6.45) is 1.29. The molecule has 0 radical (unpaired) electrons. The maximum Gasteiger partial charge on any atom is 0.317 e. The monoisotopic (exact) mass is 303 g/mol. The third kappa shape index (κ3) is 6.27. The van der Waals surface area contributed by atoms with Crippen LogP contribution in [0.4, 0.5) is 4.79 Å². The van der Waals surface area contributed by atoms with Crippen molar-refractivity contribution in [2.45, 2.75) is 32.7 Å². The van der Waals surface area contributed by atoms with Gasteiger partial charge in [0.15, 0.2) is 0 Å². The van der Waals surface area contributed by atoms with E-state index < -0.39 is 5.97 Å². The van der Waals surface area contributed by atoms with Gasteiger partial charge in [-0.2, -0.15) is 5.26 Å². The van der Waals surface area contributed by atoms with Crippen molar-refractivity contribution in [1.82, 2.24) is 10.2 Å². The van der Waals surface area contributed by atoms with Gasteiger partial charge in [0.2, 0.25) is 0 Å². The van der Waals surface area contributed by atoms with Gasteiger partial charge in [0.05, 0.1) is 11.6 Å². The van der Waals surface area contributed by atoms with Crippen molar-refractivity contribution in [2.24, 2.45) is 0 Å². The van der Waals surface area contributed by atoms with Gasteiger partial charge >= 0.3 is 12.0 Å². The van der Waals surface area contributed by atoms with Gasteiger partial charge < -0.3 is 15.3 Å². The maximum atomic E-state index is 12.1. The number of nitriles is 1. The Balaban J connectivity index is 2.54. The highest BCUT2D eigenvalue weighted by atomic mass is 16.4. The molecular weight excluding hydrogens is 282 g/mol. The second-order valence-electron chi connectivity index (χ2n) is 4.96. The number of hydrogen-bond donors (Lipinski definition) is 2. The average molecular weight is 303 g/mol. The fraction of sp³-hybridized carbons (Fsp3) is 0.438. The number of amides is 2. The van der Waals surface area contributed by atoms with Gasteiger partial charge in [-0.1, -0.05) is 19.1 Å². The van der Waals surface area contributed by atoms with E-state index in [1.54, 1.807) is 17.0 Å². The molecule has 22 heavy (non-hydrogen) atoms. The predicted octanol–water partition coefficient (Wildman–Crippen LogP) is 2.34. The van der Waals surface area contributed by atoms with Crippen LogP contribution in [-0.4, -0.2) is 35.1 Å². The Bertz CT molecular complexity index is 535. The molecule has 0 aliphatic rings. The molecule has 0 atom stereocenters. The van der Waals surface area contributed by atoms with Crippen LogP contribution in [0.1, 0.15) is 37.3 Å².